The molecule has 17 heavy (non-hydrogen) atoms. The maximum absolute atomic E-state index is 12.1. The molecule has 0 fully saturated rings. The fourth-order valence-corrected chi connectivity index (χ4v) is 1.91. The van der Waals surface area contributed by atoms with Crippen LogP contribution in [0.2, 0.25) is 0 Å². The second-order valence-electron chi connectivity index (χ2n) is 4.66. The van der Waals surface area contributed by atoms with Gasteiger partial charge in [-0.2, -0.15) is 0 Å². The molecule has 3 heteroatoms. The van der Waals surface area contributed by atoms with Gasteiger partial charge in [0.15, 0.2) is 0 Å². The maximum atomic E-state index is 12.1. The Labute approximate surface area is 103 Å². The van der Waals surface area contributed by atoms with Gasteiger partial charge in [-0.3, -0.25) is 4.79 Å². The van der Waals surface area contributed by atoms with Gasteiger partial charge >= 0.3 is 0 Å². The zero-order valence-corrected chi connectivity index (χ0v) is 10.9. The van der Waals surface area contributed by atoms with E-state index in [0.29, 0.717) is 19.0 Å². The van der Waals surface area contributed by atoms with Crippen molar-refractivity contribution in [1.82, 2.24) is 5.32 Å². The van der Waals surface area contributed by atoms with Crippen LogP contribution in [0.4, 0.5) is 0 Å². The molecule has 3 N–H and O–H groups in total. The first kappa shape index (κ1) is 13.7. The van der Waals surface area contributed by atoms with E-state index in [2.05, 4.69) is 12.2 Å². The molecule has 0 radical (unpaired) electrons. The molecule has 1 amide bonds. The van der Waals surface area contributed by atoms with Gasteiger partial charge < -0.3 is 11.1 Å². The van der Waals surface area contributed by atoms with E-state index in [1.54, 1.807) is 0 Å². The Kier molecular flexibility index (Phi) is 5.16. The van der Waals surface area contributed by atoms with Crippen LogP contribution in [0.5, 0.6) is 0 Å². The molecule has 0 aliphatic carbocycles. The monoisotopic (exact) mass is 234 g/mol. The van der Waals surface area contributed by atoms with Crippen LogP contribution in [0.3, 0.4) is 0 Å². The smallest absolute Gasteiger partial charge is 0.251 e. The maximum Gasteiger partial charge on any atom is 0.251 e. The van der Waals surface area contributed by atoms with E-state index in [-0.39, 0.29) is 5.91 Å². The van der Waals surface area contributed by atoms with Crippen LogP contribution in [-0.2, 0) is 0 Å². The van der Waals surface area contributed by atoms with Gasteiger partial charge in [-0.15, -0.1) is 0 Å². The summed E-state index contributed by atoms with van der Waals surface area (Å²) in [7, 11) is 0. The number of rotatable bonds is 5. The van der Waals surface area contributed by atoms with Crippen molar-refractivity contribution in [2.45, 2.75) is 27.2 Å². The lowest BCUT2D eigenvalue weighted by atomic mass is 10.0. The van der Waals surface area contributed by atoms with Gasteiger partial charge in [-0.25, -0.2) is 0 Å². The normalized spacial score (nSPS) is 12.2. The lowest BCUT2D eigenvalue weighted by Crippen LogP contribution is -2.30. The zero-order valence-electron chi connectivity index (χ0n) is 10.9. The minimum atomic E-state index is 0.0180. The van der Waals surface area contributed by atoms with E-state index in [0.717, 1.165) is 23.1 Å². The number of carbonyl (C=O) groups excluding carboxylic acids is 1. The van der Waals surface area contributed by atoms with Gasteiger partial charge in [0.1, 0.15) is 0 Å². The van der Waals surface area contributed by atoms with Crippen molar-refractivity contribution in [3.05, 3.63) is 34.9 Å². The quantitative estimate of drug-likeness (QED) is 0.819. The fourth-order valence-electron chi connectivity index (χ4n) is 1.91. The van der Waals surface area contributed by atoms with Crippen molar-refractivity contribution >= 4 is 5.91 Å². The third-order valence-electron chi connectivity index (χ3n) is 2.98. The van der Waals surface area contributed by atoms with Crippen molar-refractivity contribution < 1.29 is 4.79 Å². The second-order valence-corrected chi connectivity index (χ2v) is 4.66. The molecule has 1 unspecified atom stereocenters. The first-order valence-electron chi connectivity index (χ1n) is 6.10. The summed E-state index contributed by atoms with van der Waals surface area (Å²) in [4.78, 5) is 12.1. The summed E-state index contributed by atoms with van der Waals surface area (Å²) in [5.41, 5.74) is 8.33. The van der Waals surface area contributed by atoms with Crippen molar-refractivity contribution in [2.24, 2.45) is 11.7 Å². The van der Waals surface area contributed by atoms with Crippen LogP contribution in [-0.4, -0.2) is 19.0 Å². The zero-order chi connectivity index (χ0) is 12.8. The molecule has 0 aliphatic heterocycles. The van der Waals surface area contributed by atoms with E-state index in [9.17, 15) is 4.79 Å². The molecule has 0 aromatic heterocycles. The van der Waals surface area contributed by atoms with Crippen LogP contribution in [0, 0.1) is 19.8 Å². The lowest BCUT2D eigenvalue weighted by Gasteiger charge is -2.13. The Morgan fingerprint density at radius 1 is 1.35 bits per heavy atom. The van der Waals surface area contributed by atoms with Crippen LogP contribution < -0.4 is 11.1 Å². The highest BCUT2D eigenvalue weighted by Gasteiger charge is 2.12. The summed E-state index contributed by atoms with van der Waals surface area (Å²) in [5.74, 6) is 0.442. The highest BCUT2D eigenvalue weighted by Crippen LogP contribution is 2.13. The van der Waals surface area contributed by atoms with Crippen molar-refractivity contribution in [3.63, 3.8) is 0 Å². The molecule has 1 rings (SSSR count). The molecule has 1 aromatic rings. The molecule has 3 nitrogen and oxygen atoms in total. The summed E-state index contributed by atoms with van der Waals surface area (Å²) in [6.45, 7) is 7.37. The predicted molar refractivity (Wildman–Crippen MR) is 71.1 cm³/mol. The standard InChI is InChI=1S/C14H22N2O/c1-10(7-8-15)9-16-14(17)13-11(2)5-4-6-12(13)3/h4-6,10H,7-9,15H2,1-3H3,(H,16,17). The Bertz CT molecular complexity index is 368. The number of benzene rings is 1. The fraction of sp³-hybridized carbons (Fsp3) is 0.500. The molecular formula is C14H22N2O. The molecule has 1 atom stereocenters. The molecule has 0 bridgehead atoms. The molecule has 1 aromatic carbocycles. The average Bonchev–Trinajstić information content (AvgIpc) is 2.26. The Morgan fingerprint density at radius 3 is 2.47 bits per heavy atom. The number of aryl methyl sites for hydroxylation is 2. The molecule has 0 saturated carbocycles. The van der Waals surface area contributed by atoms with Crippen LogP contribution >= 0.6 is 0 Å². The van der Waals surface area contributed by atoms with Crippen LogP contribution in [0.25, 0.3) is 0 Å². The third kappa shape index (κ3) is 3.86. The first-order valence-corrected chi connectivity index (χ1v) is 6.10. The first-order chi connectivity index (χ1) is 8.06. The highest BCUT2D eigenvalue weighted by molar-refractivity contribution is 5.97. The summed E-state index contributed by atoms with van der Waals surface area (Å²) >= 11 is 0. The second kappa shape index (κ2) is 6.40. The van der Waals surface area contributed by atoms with Crippen molar-refractivity contribution in [3.8, 4) is 0 Å². The minimum absolute atomic E-state index is 0.0180. The summed E-state index contributed by atoms with van der Waals surface area (Å²) < 4.78 is 0. The molecule has 0 saturated heterocycles. The number of carbonyl (C=O) groups is 1. The molecule has 0 spiro atoms. The topological polar surface area (TPSA) is 55.1 Å². The van der Waals surface area contributed by atoms with E-state index in [1.165, 1.54) is 0 Å². The van der Waals surface area contributed by atoms with E-state index >= 15 is 0 Å². The highest BCUT2D eigenvalue weighted by atomic mass is 16.1. The van der Waals surface area contributed by atoms with Gasteiger partial charge in [0.25, 0.3) is 5.91 Å². The molecule has 0 heterocycles. The molecular weight excluding hydrogens is 212 g/mol. The van der Waals surface area contributed by atoms with Gasteiger partial charge in [0.05, 0.1) is 0 Å². The lowest BCUT2D eigenvalue weighted by molar-refractivity contribution is 0.0946. The third-order valence-corrected chi connectivity index (χ3v) is 2.98. The van der Waals surface area contributed by atoms with Crippen molar-refractivity contribution in [1.29, 1.82) is 0 Å². The number of nitrogens with two attached hydrogens (primary N) is 1. The van der Waals surface area contributed by atoms with E-state index in [4.69, 9.17) is 5.73 Å². The molecule has 94 valence electrons. The summed E-state index contributed by atoms with van der Waals surface area (Å²) in [6, 6.07) is 5.90. The van der Waals surface area contributed by atoms with Gasteiger partial charge in [-0.1, -0.05) is 25.1 Å². The Hall–Kier alpha value is -1.35. The largest absolute Gasteiger partial charge is 0.352 e. The van der Waals surface area contributed by atoms with Gasteiger partial charge in [0.2, 0.25) is 0 Å². The number of amides is 1. The Morgan fingerprint density at radius 2 is 1.94 bits per heavy atom. The SMILES string of the molecule is Cc1cccc(C)c1C(=O)NCC(C)CCN. The van der Waals surface area contributed by atoms with Crippen molar-refractivity contribution in [2.75, 3.05) is 13.1 Å². The molecule has 0 aliphatic rings. The van der Waals surface area contributed by atoms with Gasteiger partial charge in [-0.05, 0) is 43.9 Å². The number of hydrogen-bond acceptors (Lipinski definition) is 2. The van der Waals surface area contributed by atoms with E-state index < -0.39 is 0 Å². The Balaban J connectivity index is 2.64. The summed E-state index contributed by atoms with van der Waals surface area (Å²) in [6.07, 6.45) is 0.938. The predicted octanol–water partition coefficient (Wildman–Crippen LogP) is 2.02. The van der Waals surface area contributed by atoms with Gasteiger partial charge in [0, 0.05) is 12.1 Å². The minimum Gasteiger partial charge on any atom is -0.352 e. The average molecular weight is 234 g/mol. The summed E-state index contributed by atoms with van der Waals surface area (Å²) in [5, 5.41) is 2.97. The number of nitrogens with one attached hydrogen (secondary N) is 1. The van der Waals surface area contributed by atoms with E-state index in [1.807, 2.05) is 32.0 Å². The van der Waals surface area contributed by atoms with Crippen LogP contribution in [0.15, 0.2) is 18.2 Å². The number of hydrogen-bond donors (Lipinski definition) is 2. The van der Waals surface area contributed by atoms with Crippen LogP contribution in [0.1, 0.15) is 34.8 Å².